The van der Waals surface area contributed by atoms with Gasteiger partial charge in [-0.15, -0.1) is 0 Å². The van der Waals surface area contributed by atoms with Gasteiger partial charge < -0.3 is 19.6 Å². The zero-order chi connectivity index (χ0) is 16.1. The van der Waals surface area contributed by atoms with Gasteiger partial charge in [0.1, 0.15) is 5.69 Å². The van der Waals surface area contributed by atoms with Crippen molar-refractivity contribution in [3.8, 4) is 0 Å². The highest BCUT2D eigenvalue weighted by Crippen LogP contribution is 2.30. The molecule has 1 N–H and O–H groups in total. The van der Waals surface area contributed by atoms with E-state index in [4.69, 9.17) is 4.74 Å². The third kappa shape index (κ3) is 3.52. The fourth-order valence-corrected chi connectivity index (χ4v) is 2.43. The van der Waals surface area contributed by atoms with Crippen molar-refractivity contribution < 1.29 is 19.6 Å². The first-order valence-electron chi connectivity index (χ1n) is 6.96. The maximum Gasteiger partial charge on any atom is 0.292 e. The van der Waals surface area contributed by atoms with E-state index in [1.807, 2.05) is 0 Å². The molecular formula is C14H19N3O5. The van der Waals surface area contributed by atoms with Gasteiger partial charge in [-0.2, -0.15) is 0 Å². The molecule has 1 aromatic rings. The molecule has 0 atom stereocenters. The number of rotatable bonds is 6. The lowest BCUT2D eigenvalue weighted by molar-refractivity contribution is -0.384. The van der Waals surface area contributed by atoms with Crippen LogP contribution in [0.5, 0.6) is 0 Å². The molecular weight excluding hydrogens is 290 g/mol. The van der Waals surface area contributed by atoms with Crippen LogP contribution in [0.25, 0.3) is 0 Å². The summed E-state index contributed by atoms with van der Waals surface area (Å²) in [6.07, 6.45) is 0. The molecule has 0 unspecified atom stereocenters. The number of ether oxygens (including phenoxy) is 1. The van der Waals surface area contributed by atoms with Gasteiger partial charge in [0.2, 0.25) is 5.91 Å². The van der Waals surface area contributed by atoms with Gasteiger partial charge in [0.15, 0.2) is 0 Å². The molecule has 0 radical (unpaired) electrons. The Bertz CT molecular complexity index is 563. The highest BCUT2D eigenvalue weighted by atomic mass is 16.6. The van der Waals surface area contributed by atoms with Crippen LogP contribution < -0.4 is 4.90 Å². The third-order valence-electron chi connectivity index (χ3n) is 3.64. The first-order valence-corrected chi connectivity index (χ1v) is 6.96. The van der Waals surface area contributed by atoms with E-state index < -0.39 is 4.92 Å². The molecule has 1 aliphatic rings. The van der Waals surface area contributed by atoms with E-state index in [2.05, 4.69) is 0 Å². The van der Waals surface area contributed by atoms with Crippen LogP contribution in [0.15, 0.2) is 18.2 Å². The van der Waals surface area contributed by atoms with Crippen molar-refractivity contribution in [1.29, 1.82) is 0 Å². The number of hydrogen-bond donors (Lipinski definition) is 1. The van der Waals surface area contributed by atoms with Crippen LogP contribution in [0, 0.1) is 10.1 Å². The van der Waals surface area contributed by atoms with Crippen LogP contribution in [0.1, 0.15) is 5.56 Å². The Hall–Kier alpha value is -2.19. The van der Waals surface area contributed by atoms with Crippen molar-refractivity contribution in [3.63, 3.8) is 0 Å². The van der Waals surface area contributed by atoms with Crippen molar-refractivity contribution in [1.82, 2.24) is 4.90 Å². The Morgan fingerprint density at radius 1 is 1.41 bits per heavy atom. The molecule has 8 heteroatoms. The second kappa shape index (κ2) is 7.19. The van der Waals surface area contributed by atoms with Crippen molar-refractivity contribution >= 4 is 17.3 Å². The predicted octanol–water partition coefficient (Wildman–Crippen LogP) is 0.382. The van der Waals surface area contributed by atoms with Gasteiger partial charge in [-0.1, -0.05) is 0 Å². The molecule has 1 fully saturated rings. The molecule has 120 valence electrons. The number of nitrogens with zero attached hydrogens (tertiary/aromatic N) is 3. The monoisotopic (exact) mass is 309 g/mol. The van der Waals surface area contributed by atoms with Gasteiger partial charge in [0.05, 0.1) is 24.7 Å². The SMILES string of the molecule is COCCN1CCN(c2cc(CO)ccc2[N+](=O)[O-])CC1=O. The summed E-state index contributed by atoms with van der Waals surface area (Å²) in [6.45, 7) is 1.86. The highest BCUT2D eigenvalue weighted by molar-refractivity contribution is 5.84. The van der Waals surface area contributed by atoms with Crippen LogP contribution in [0.4, 0.5) is 11.4 Å². The van der Waals surface area contributed by atoms with Crippen LogP contribution in [-0.2, 0) is 16.1 Å². The number of aliphatic hydroxyl groups excluding tert-OH is 1. The topological polar surface area (TPSA) is 96.2 Å². The Kier molecular flexibility index (Phi) is 5.29. The molecule has 1 aromatic carbocycles. The number of anilines is 1. The molecule has 8 nitrogen and oxygen atoms in total. The van der Waals surface area contributed by atoms with E-state index in [-0.39, 0.29) is 24.7 Å². The van der Waals surface area contributed by atoms with Crippen LogP contribution in [0.2, 0.25) is 0 Å². The quantitative estimate of drug-likeness (QED) is 0.603. The summed E-state index contributed by atoms with van der Waals surface area (Å²) in [6, 6.07) is 4.44. The number of amides is 1. The van der Waals surface area contributed by atoms with Gasteiger partial charge in [-0.3, -0.25) is 14.9 Å². The lowest BCUT2D eigenvalue weighted by Gasteiger charge is -2.35. The molecule has 1 amide bonds. The van der Waals surface area contributed by atoms with Crippen molar-refractivity contribution in [2.45, 2.75) is 6.61 Å². The Balaban J connectivity index is 2.19. The number of benzene rings is 1. The average Bonchev–Trinajstić information content (AvgIpc) is 2.53. The van der Waals surface area contributed by atoms with Crippen molar-refractivity contribution in [3.05, 3.63) is 33.9 Å². The van der Waals surface area contributed by atoms with E-state index in [0.29, 0.717) is 37.5 Å². The Labute approximate surface area is 128 Å². The summed E-state index contributed by atoms with van der Waals surface area (Å²) >= 11 is 0. The average molecular weight is 309 g/mol. The van der Waals surface area contributed by atoms with E-state index in [1.54, 1.807) is 23.0 Å². The molecule has 0 bridgehead atoms. The summed E-state index contributed by atoms with van der Waals surface area (Å²) in [7, 11) is 1.57. The molecule has 0 spiro atoms. The summed E-state index contributed by atoms with van der Waals surface area (Å²) in [5.74, 6) is -0.0907. The maximum atomic E-state index is 12.1. The fraction of sp³-hybridized carbons (Fsp3) is 0.500. The smallest absolute Gasteiger partial charge is 0.292 e. The number of piperazine rings is 1. The zero-order valence-electron chi connectivity index (χ0n) is 12.4. The number of carbonyl (C=O) groups is 1. The molecule has 0 aromatic heterocycles. The molecule has 1 heterocycles. The maximum absolute atomic E-state index is 12.1. The normalized spacial score (nSPS) is 15.3. The van der Waals surface area contributed by atoms with Gasteiger partial charge in [-0.05, 0) is 17.7 Å². The number of carbonyl (C=O) groups excluding carboxylic acids is 1. The molecule has 0 aliphatic carbocycles. The minimum atomic E-state index is -0.474. The molecule has 2 rings (SSSR count). The third-order valence-corrected chi connectivity index (χ3v) is 3.64. The Morgan fingerprint density at radius 2 is 2.18 bits per heavy atom. The lowest BCUT2D eigenvalue weighted by atomic mass is 10.1. The first kappa shape index (κ1) is 16.2. The largest absolute Gasteiger partial charge is 0.392 e. The van der Waals surface area contributed by atoms with Gasteiger partial charge in [0.25, 0.3) is 5.69 Å². The van der Waals surface area contributed by atoms with Gasteiger partial charge >= 0.3 is 0 Å². The summed E-state index contributed by atoms with van der Waals surface area (Å²) in [5.41, 5.74) is 0.890. The van der Waals surface area contributed by atoms with E-state index in [1.165, 1.54) is 12.1 Å². The zero-order valence-corrected chi connectivity index (χ0v) is 12.4. The summed E-state index contributed by atoms with van der Waals surface area (Å²) in [4.78, 5) is 26.2. The van der Waals surface area contributed by atoms with E-state index >= 15 is 0 Å². The number of hydrogen-bond acceptors (Lipinski definition) is 6. The fourth-order valence-electron chi connectivity index (χ4n) is 2.43. The standard InChI is InChI=1S/C14H19N3O5/c1-22-7-6-15-4-5-16(9-14(15)19)13-8-11(10-18)2-3-12(13)17(20)21/h2-3,8,18H,4-7,9-10H2,1H3. The first-order chi connectivity index (χ1) is 10.6. The summed E-state index contributed by atoms with van der Waals surface area (Å²) in [5, 5.41) is 20.4. The molecule has 0 saturated carbocycles. The molecule has 1 aliphatic heterocycles. The minimum absolute atomic E-state index is 0.0599. The molecule has 1 saturated heterocycles. The Morgan fingerprint density at radius 3 is 2.77 bits per heavy atom. The van der Waals surface area contributed by atoms with Crippen molar-refractivity contribution in [2.75, 3.05) is 44.8 Å². The number of nitro benzene ring substituents is 1. The second-order valence-electron chi connectivity index (χ2n) is 5.03. The number of nitro groups is 1. The van der Waals surface area contributed by atoms with Crippen LogP contribution in [-0.4, -0.2) is 60.7 Å². The predicted molar refractivity (Wildman–Crippen MR) is 79.7 cm³/mol. The van der Waals surface area contributed by atoms with E-state index in [0.717, 1.165) is 0 Å². The van der Waals surface area contributed by atoms with Crippen LogP contribution >= 0.6 is 0 Å². The number of methoxy groups -OCH3 is 1. The number of aliphatic hydroxyl groups is 1. The second-order valence-corrected chi connectivity index (χ2v) is 5.03. The lowest BCUT2D eigenvalue weighted by Crippen LogP contribution is -2.51. The highest BCUT2D eigenvalue weighted by Gasteiger charge is 2.28. The van der Waals surface area contributed by atoms with Gasteiger partial charge in [0, 0.05) is 32.8 Å². The summed E-state index contributed by atoms with van der Waals surface area (Å²) < 4.78 is 4.96. The molecule has 22 heavy (non-hydrogen) atoms. The minimum Gasteiger partial charge on any atom is -0.392 e. The van der Waals surface area contributed by atoms with Gasteiger partial charge in [-0.25, -0.2) is 0 Å². The van der Waals surface area contributed by atoms with E-state index in [9.17, 15) is 20.0 Å². The van der Waals surface area contributed by atoms with Crippen LogP contribution in [0.3, 0.4) is 0 Å². The van der Waals surface area contributed by atoms with Crippen molar-refractivity contribution in [2.24, 2.45) is 0 Å².